The standard InChI is InChI=1S/C17H18BrN3O4/c1-11-7-13(18)3-4-14(11)20-15(22)9-21(2)16(23)8-19-17(24)12-5-6-25-10-12/h3-7,10H,8-9H2,1-2H3,(H,19,24)(H,20,22). The number of rotatable bonds is 6. The van der Waals surface area contributed by atoms with E-state index >= 15 is 0 Å². The lowest BCUT2D eigenvalue weighted by Crippen LogP contribution is -2.41. The van der Waals surface area contributed by atoms with E-state index in [1.807, 2.05) is 19.1 Å². The fourth-order valence-electron chi connectivity index (χ4n) is 2.05. The zero-order valence-corrected chi connectivity index (χ0v) is 15.4. The van der Waals surface area contributed by atoms with Crippen LogP contribution in [0, 0.1) is 6.92 Å². The number of nitrogens with zero attached hydrogens (tertiary/aromatic N) is 1. The predicted molar refractivity (Wildman–Crippen MR) is 96.2 cm³/mol. The van der Waals surface area contributed by atoms with Gasteiger partial charge in [-0.3, -0.25) is 14.4 Å². The highest BCUT2D eigenvalue weighted by molar-refractivity contribution is 9.10. The van der Waals surface area contributed by atoms with Crippen molar-refractivity contribution in [3.8, 4) is 0 Å². The second kappa shape index (κ2) is 8.48. The number of anilines is 1. The van der Waals surface area contributed by atoms with Crippen molar-refractivity contribution in [3.63, 3.8) is 0 Å². The topological polar surface area (TPSA) is 91.7 Å². The van der Waals surface area contributed by atoms with Gasteiger partial charge in [-0.25, -0.2) is 0 Å². The lowest BCUT2D eigenvalue weighted by Gasteiger charge is -2.17. The Morgan fingerprint density at radius 3 is 2.64 bits per heavy atom. The summed E-state index contributed by atoms with van der Waals surface area (Å²) in [4.78, 5) is 37.1. The van der Waals surface area contributed by atoms with Crippen LogP contribution in [0.4, 0.5) is 5.69 Å². The number of aryl methyl sites for hydroxylation is 1. The smallest absolute Gasteiger partial charge is 0.254 e. The first-order valence-corrected chi connectivity index (χ1v) is 8.26. The summed E-state index contributed by atoms with van der Waals surface area (Å²) < 4.78 is 5.72. The van der Waals surface area contributed by atoms with Crippen LogP contribution >= 0.6 is 15.9 Å². The summed E-state index contributed by atoms with van der Waals surface area (Å²) in [6.07, 6.45) is 2.66. The van der Waals surface area contributed by atoms with Gasteiger partial charge in [0.25, 0.3) is 5.91 Å². The van der Waals surface area contributed by atoms with E-state index in [-0.39, 0.29) is 24.9 Å². The van der Waals surface area contributed by atoms with Crippen molar-refractivity contribution in [2.24, 2.45) is 0 Å². The zero-order chi connectivity index (χ0) is 18.4. The summed E-state index contributed by atoms with van der Waals surface area (Å²) in [5.74, 6) is -1.10. The number of likely N-dealkylation sites (N-methyl/N-ethyl adjacent to an activating group) is 1. The summed E-state index contributed by atoms with van der Waals surface area (Å²) in [5.41, 5.74) is 1.92. The molecule has 2 aromatic rings. The zero-order valence-electron chi connectivity index (χ0n) is 13.8. The van der Waals surface area contributed by atoms with E-state index in [0.717, 1.165) is 10.0 Å². The quantitative estimate of drug-likeness (QED) is 0.767. The van der Waals surface area contributed by atoms with E-state index in [1.54, 1.807) is 6.07 Å². The number of furan rings is 1. The van der Waals surface area contributed by atoms with Crippen molar-refractivity contribution in [1.29, 1.82) is 0 Å². The molecule has 25 heavy (non-hydrogen) atoms. The van der Waals surface area contributed by atoms with Crippen molar-refractivity contribution in [3.05, 3.63) is 52.4 Å². The molecule has 3 amide bonds. The number of hydrogen-bond donors (Lipinski definition) is 2. The lowest BCUT2D eigenvalue weighted by molar-refractivity contribution is -0.132. The molecule has 1 heterocycles. The molecule has 7 nitrogen and oxygen atoms in total. The highest BCUT2D eigenvalue weighted by atomic mass is 79.9. The van der Waals surface area contributed by atoms with Gasteiger partial charge in [0, 0.05) is 17.2 Å². The minimum absolute atomic E-state index is 0.115. The molecule has 1 aromatic carbocycles. The largest absolute Gasteiger partial charge is 0.472 e. The minimum atomic E-state index is -0.412. The van der Waals surface area contributed by atoms with Crippen molar-refractivity contribution in [2.45, 2.75) is 6.92 Å². The maximum atomic E-state index is 12.1. The van der Waals surface area contributed by atoms with Crippen molar-refractivity contribution < 1.29 is 18.8 Å². The molecule has 1 aromatic heterocycles. The summed E-state index contributed by atoms with van der Waals surface area (Å²) in [6.45, 7) is 1.56. The molecule has 0 radical (unpaired) electrons. The molecular formula is C17H18BrN3O4. The van der Waals surface area contributed by atoms with Gasteiger partial charge < -0.3 is 20.0 Å². The molecule has 132 valence electrons. The van der Waals surface area contributed by atoms with Gasteiger partial charge in [0.2, 0.25) is 11.8 Å². The normalized spacial score (nSPS) is 10.2. The van der Waals surface area contributed by atoms with Crippen molar-refractivity contribution in [1.82, 2.24) is 10.2 Å². The first kappa shape index (κ1) is 18.7. The fraction of sp³-hybridized carbons (Fsp3) is 0.235. The molecule has 0 saturated heterocycles. The van der Waals surface area contributed by atoms with Crippen LogP contribution in [0.25, 0.3) is 0 Å². The molecule has 0 aliphatic rings. The number of halogens is 1. The third-order valence-electron chi connectivity index (χ3n) is 3.45. The Bertz CT molecular complexity index is 774. The van der Waals surface area contributed by atoms with Crippen molar-refractivity contribution >= 4 is 39.3 Å². The van der Waals surface area contributed by atoms with Crippen LogP contribution in [0.5, 0.6) is 0 Å². The number of amides is 3. The van der Waals surface area contributed by atoms with E-state index in [2.05, 4.69) is 26.6 Å². The van der Waals surface area contributed by atoms with Gasteiger partial charge in [0.05, 0.1) is 24.9 Å². The second-order valence-corrected chi connectivity index (χ2v) is 6.37. The van der Waals surface area contributed by atoms with E-state index in [9.17, 15) is 14.4 Å². The lowest BCUT2D eigenvalue weighted by atomic mass is 10.2. The Balaban J connectivity index is 1.81. The fourth-order valence-corrected chi connectivity index (χ4v) is 2.52. The highest BCUT2D eigenvalue weighted by Crippen LogP contribution is 2.19. The van der Waals surface area contributed by atoms with E-state index < -0.39 is 5.91 Å². The molecule has 0 spiro atoms. The second-order valence-electron chi connectivity index (χ2n) is 5.45. The van der Waals surface area contributed by atoms with Gasteiger partial charge >= 0.3 is 0 Å². The summed E-state index contributed by atoms with van der Waals surface area (Å²) >= 11 is 3.36. The SMILES string of the molecule is Cc1cc(Br)ccc1NC(=O)CN(C)C(=O)CNC(=O)c1ccoc1. The first-order chi connectivity index (χ1) is 11.9. The van der Waals surface area contributed by atoms with Gasteiger partial charge in [-0.2, -0.15) is 0 Å². The molecule has 2 rings (SSSR count). The molecule has 8 heteroatoms. The van der Waals surface area contributed by atoms with Crippen LogP contribution in [0.15, 0.2) is 45.7 Å². The molecule has 0 bridgehead atoms. The Morgan fingerprint density at radius 2 is 2.00 bits per heavy atom. The predicted octanol–water partition coefficient (Wildman–Crippen LogP) is 2.18. The Morgan fingerprint density at radius 1 is 1.24 bits per heavy atom. The number of carbonyl (C=O) groups excluding carboxylic acids is 3. The molecule has 0 aliphatic carbocycles. The third kappa shape index (κ3) is 5.46. The van der Waals surface area contributed by atoms with Gasteiger partial charge in [-0.1, -0.05) is 15.9 Å². The maximum Gasteiger partial charge on any atom is 0.254 e. The van der Waals surface area contributed by atoms with Crippen LogP contribution in [0.1, 0.15) is 15.9 Å². The van der Waals surface area contributed by atoms with Gasteiger partial charge in [0.15, 0.2) is 0 Å². The number of benzene rings is 1. The third-order valence-corrected chi connectivity index (χ3v) is 3.95. The van der Waals surface area contributed by atoms with Gasteiger partial charge in [-0.15, -0.1) is 0 Å². The van der Waals surface area contributed by atoms with E-state index in [4.69, 9.17) is 4.42 Å². The maximum absolute atomic E-state index is 12.1. The van der Waals surface area contributed by atoms with Crippen LogP contribution in [0.2, 0.25) is 0 Å². The summed E-state index contributed by atoms with van der Waals surface area (Å²) in [5, 5.41) is 5.23. The number of hydrogen-bond acceptors (Lipinski definition) is 4. The molecule has 0 fully saturated rings. The Labute approximate surface area is 153 Å². The van der Waals surface area contributed by atoms with Crippen molar-refractivity contribution in [2.75, 3.05) is 25.5 Å². The van der Waals surface area contributed by atoms with Crippen LogP contribution in [-0.4, -0.2) is 42.8 Å². The molecule has 0 aliphatic heterocycles. The van der Waals surface area contributed by atoms with Crippen LogP contribution < -0.4 is 10.6 Å². The van der Waals surface area contributed by atoms with E-state index in [0.29, 0.717) is 11.3 Å². The van der Waals surface area contributed by atoms with Gasteiger partial charge in [-0.05, 0) is 36.8 Å². The average molecular weight is 408 g/mol. The van der Waals surface area contributed by atoms with Crippen LogP contribution in [-0.2, 0) is 9.59 Å². The monoisotopic (exact) mass is 407 g/mol. The summed E-state index contributed by atoms with van der Waals surface area (Å²) in [7, 11) is 1.50. The highest BCUT2D eigenvalue weighted by Gasteiger charge is 2.15. The van der Waals surface area contributed by atoms with Crippen LogP contribution in [0.3, 0.4) is 0 Å². The molecule has 2 N–H and O–H groups in total. The number of carbonyl (C=O) groups is 3. The average Bonchev–Trinajstić information content (AvgIpc) is 3.09. The molecular weight excluding hydrogens is 390 g/mol. The first-order valence-electron chi connectivity index (χ1n) is 7.47. The van der Waals surface area contributed by atoms with E-state index in [1.165, 1.54) is 30.5 Å². The Hall–Kier alpha value is -2.61. The Kier molecular flexibility index (Phi) is 6.35. The summed E-state index contributed by atoms with van der Waals surface area (Å²) in [6, 6.07) is 6.99. The molecule has 0 atom stereocenters. The minimum Gasteiger partial charge on any atom is -0.472 e. The number of nitrogens with one attached hydrogen (secondary N) is 2. The van der Waals surface area contributed by atoms with Gasteiger partial charge in [0.1, 0.15) is 6.26 Å². The molecule has 0 unspecified atom stereocenters. The molecule has 0 saturated carbocycles.